The highest BCUT2D eigenvalue weighted by molar-refractivity contribution is 7.15. The maximum Gasteiger partial charge on any atom is 0.266 e. The molecule has 60 heavy (non-hydrogen) atoms. The number of amides is 6. The van der Waals surface area contributed by atoms with E-state index in [0.29, 0.717) is 29.6 Å². The zero-order valence-corrected chi connectivity index (χ0v) is 35.6. The standard InChI is InChI=1S/C42H45ClN8O8S/c1-21(59-20-42(5,6)47-33(54)19-58-30-9-7-8-27-35(30)40(57)51(39(27)56)29-14-15-31(52)46-38(29)55)16-17-44-32(53)18-28-37-49-48-24(4)50(37)41-34(22(2)23(3)60-41)36(45-28)25-10-12-26(43)13-11-25/h7-13,21,28-29H,14-20H2,1-6H3,(H,44,53)(H,47,54)(H,46,52,55)/t21?,28-,29?/m0/s1. The van der Waals surface area contributed by atoms with Crippen molar-refractivity contribution >= 4 is 64.1 Å². The molecule has 0 spiro atoms. The molecular formula is C42H45ClN8O8S. The Morgan fingerprint density at radius 1 is 1.02 bits per heavy atom. The molecule has 3 aliphatic rings. The van der Waals surface area contributed by atoms with E-state index in [1.807, 2.05) is 42.7 Å². The van der Waals surface area contributed by atoms with E-state index in [-0.39, 0.29) is 54.8 Å². The summed E-state index contributed by atoms with van der Waals surface area (Å²) in [5.41, 5.74) is 2.91. The van der Waals surface area contributed by atoms with Gasteiger partial charge in [-0.05, 0) is 84.2 Å². The van der Waals surface area contributed by atoms with Crippen LogP contribution in [-0.2, 0) is 23.9 Å². The number of carbonyl (C=O) groups is 6. The number of aryl methyl sites for hydroxylation is 2. The third-order valence-electron chi connectivity index (χ3n) is 10.6. The fourth-order valence-corrected chi connectivity index (χ4v) is 8.77. The molecule has 1 saturated heterocycles. The van der Waals surface area contributed by atoms with Crippen LogP contribution in [0.3, 0.4) is 0 Å². The number of halogens is 1. The first kappa shape index (κ1) is 42.3. The third kappa shape index (κ3) is 8.60. The molecule has 0 aliphatic carbocycles. The second kappa shape index (κ2) is 17.1. The number of benzene rings is 2. The van der Waals surface area contributed by atoms with E-state index in [0.717, 1.165) is 37.2 Å². The SMILES string of the molecule is Cc1sc2c(c1C)C(c1ccc(Cl)cc1)=N[C@@H](CC(=O)NCCC(C)OCC(C)(C)NC(=O)COc1cccc3c1C(=O)N(C1CCC(=O)NC1=O)C3=O)c1nnc(C)n1-2. The van der Waals surface area contributed by atoms with Crippen LogP contribution in [0, 0.1) is 20.8 Å². The van der Waals surface area contributed by atoms with Gasteiger partial charge in [-0.2, -0.15) is 0 Å². The average molecular weight is 857 g/mol. The molecule has 4 aromatic rings. The first-order chi connectivity index (χ1) is 28.5. The zero-order chi connectivity index (χ0) is 43.0. The minimum atomic E-state index is -1.13. The molecule has 2 unspecified atom stereocenters. The van der Waals surface area contributed by atoms with Gasteiger partial charge in [-0.25, -0.2) is 0 Å². The number of nitrogens with zero attached hydrogens (tertiary/aromatic N) is 5. The minimum absolute atomic E-state index is 0.00478. The predicted molar refractivity (Wildman–Crippen MR) is 222 cm³/mol. The molecule has 0 bridgehead atoms. The molecule has 5 heterocycles. The number of thiophene rings is 1. The highest BCUT2D eigenvalue weighted by Crippen LogP contribution is 2.40. The Kier molecular flexibility index (Phi) is 12.0. The van der Waals surface area contributed by atoms with Gasteiger partial charge in [-0.3, -0.25) is 48.5 Å². The predicted octanol–water partition coefficient (Wildman–Crippen LogP) is 4.48. The Balaban J connectivity index is 0.905. The second-order valence-corrected chi connectivity index (χ2v) is 17.4. The summed E-state index contributed by atoms with van der Waals surface area (Å²) in [5, 5.41) is 18.4. The number of piperidine rings is 1. The van der Waals surface area contributed by atoms with Gasteiger partial charge in [0.2, 0.25) is 17.7 Å². The molecule has 18 heteroatoms. The maximum atomic E-state index is 13.4. The van der Waals surface area contributed by atoms with Crippen molar-refractivity contribution in [2.75, 3.05) is 19.8 Å². The lowest BCUT2D eigenvalue weighted by Crippen LogP contribution is -2.54. The summed E-state index contributed by atoms with van der Waals surface area (Å²) in [7, 11) is 0. The average Bonchev–Trinajstić information content (AvgIpc) is 3.77. The van der Waals surface area contributed by atoms with E-state index in [9.17, 15) is 28.8 Å². The number of hydrogen-bond acceptors (Lipinski definition) is 12. The minimum Gasteiger partial charge on any atom is -0.483 e. The van der Waals surface area contributed by atoms with Gasteiger partial charge in [0.05, 0.1) is 41.5 Å². The van der Waals surface area contributed by atoms with Crippen molar-refractivity contribution in [1.82, 2.24) is 35.6 Å². The molecule has 16 nitrogen and oxygen atoms in total. The van der Waals surface area contributed by atoms with Crippen LogP contribution in [0.2, 0.25) is 5.02 Å². The van der Waals surface area contributed by atoms with Gasteiger partial charge in [0.25, 0.3) is 17.7 Å². The Bertz CT molecular complexity index is 2440. The Morgan fingerprint density at radius 2 is 1.77 bits per heavy atom. The number of aromatic nitrogens is 3. The van der Waals surface area contributed by atoms with E-state index in [4.69, 9.17) is 26.1 Å². The maximum absolute atomic E-state index is 13.4. The molecule has 3 N–H and O–H groups in total. The number of ether oxygens (including phenoxy) is 2. The highest BCUT2D eigenvalue weighted by atomic mass is 35.5. The van der Waals surface area contributed by atoms with Crippen LogP contribution in [0.5, 0.6) is 5.75 Å². The summed E-state index contributed by atoms with van der Waals surface area (Å²) in [5.74, 6) is -1.98. The number of nitrogens with one attached hydrogen (secondary N) is 3. The first-order valence-corrected chi connectivity index (χ1v) is 20.8. The third-order valence-corrected chi connectivity index (χ3v) is 12.0. The monoisotopic (exact) mass is 856 g/mol. The van der Waals surface area contributed by atoms with Gasteiger partial charge in [0.15, 0.2) is 12.4 Å². The van der Waals surface area contributed by atoms with Crippen molar-refractivity contribution in [1.29, 1.82) is 0 Å². The van der Waals surface area contributed by atoms with E-state index in [1.165, 1.54) is 18.2 Å². The smallest absolute Gasteiger partial charge is 0.266 e. The van der Waals surface area contributed by atoms with Crippen LogP contribution >= 0.6 is 22.9 Å². The fourth-order valence-electron chi connectivity index (χ4n) is 7.43. The van der Waals surface area contributed by atoms with Crippen molar-refractivity contribution < 1.29 is 38.2 Å². The Morgan fingerprint density at radius 3 is 2.50 bits per heavy atom. The number of hydrogen-bond donors (Lipinski definition) is 3. The molecule has 0 radical (unpaired) electrons. The number of rotatable bonds is 14. The highest BCUT2D eigenvalue weighted by Gasteiger charge is 2.46. The lowest BCUT2D eigenvalue weighted by Gasteiger charge is -2.28. The summed E-state index contributed by atoms with van der Waals surface area (Å²) < 4.78 is 13.8. The van der Waals surface area contributed by atoms with Crippen LogP contribution in [0.25, 0.3) is 5.00 Å². The van der Waals surface area contributed by atoms with Crippen molar-refractivity contribution in [2.45, 2.75) is 91.0 Å². The molecule has 314 valence electrons. The van der Waals surface area contributed by atoms with Crippen molar-refractivity contribution in [2.24, 2.45) is 4.99 Å². The second-order valence-electron chi connectivity index (χ2n) is 15.7. The molecule has 2 aromatic heterocycles. The van der Waals surface area contributed by atoms with E-state index >= 15 is 0 Å². The summed E-state index contributed by atoms with van der Waals surface area (Å²) >= 11 is 7.87. The van der Waals surface area contributed by atoms with Gasteiger partial charge >= 0.3 is 0 Å². The Labute approximate surface area is 355 Å². The van der Waals surface area contributed by atoms with Gasteiger partial charge in [-0.1, -0.05) is 29.8 Å². The van der Waals surface area contributed by atoms with Crippen LogP contribution in [0.15, 0.2) is 47.5 Å². The lowest BCUT2D eigenvalue weighted by molar-refractivity contribution is -0.136. The summed E-state index contributed by atoms with van der Waals surface area (Å²) in [6, 6.07) is 10.2. The van der Waals surface area contributed by atoms with Gasteiger partial charge in [0.1, 0.15) is 28.7 Å². The quantitative estimate of drug-likeness (QED) is 0.152. The van der Waals surface area contributed by atoms with Gasteiger partial charge in [0, 0.05) is 34.0 Å². The molecule has 0 saturated carbocycles. The van der Waals surface area contributed by atoms with Crippen LogP contribution < -0.4 is 20.7 Å². The topological polar surface area (TPSA) is 203 Å². The lowest BCUT2D eigenvalue weighted by atomic mass is 9.99. The molecule has 1 fully saturated rings. The van der Waals surface area contributed by atoms with E-state index < -0.39 is 53.8 Å². The number of aliphatic imine (C=N–C) groups is 1. The van der Waals surface area contributed by atoms with E-state index in [2.05, 4.69) is 40.0 Å². The first-order valence-electron chi connectivity index (χ1n) is 19.6. The van der Waals surface area contributed by atoms with Gasteiger partial charge in [-0.15, -0.1) is 21.5 Å². The zero-order valence-electron chi connectivity index (χ0n) is 34.0. The summed E-state index contributed by atoms with van der Waals surface area (Å²) in [6.07, 6.45) is 0.281. The normalized spacial score (nSPS) is 17.9. The van der Waals surface area contributed by atoms with Crippen LogP contribution in [0.1, 0.15) is 106 Å². The molecule has 7 rings (SSSR count). The molecular weight excluding hydrogens is 812 g/mol. The van der Waals surface area contributed by atoms with Crippen molar-refractivity contribution in [3.8, 4) is 10.8 Å². The summed E-state index contributed by atoms with van der Waals surface area (Å²) in [6.45, 7) is 11.5. The fraction of sp³-hybridized carbons (Fsp3) is 0.405. The molecule has 6 amide bonds. The Hall–Kier alpha value is -5.78. The van der Waals surface area contributed by atoms with Crippen LogP contribution in [0.4, 0.5) is 0 Å². The molecule has 3 aliphatic heterocycles. The van der Waals surface area contributed by atoms with Crippen molar-refractivity contribution in [3.05, 3.63) is 91.8 Å². The van der Waals surface area contributed by atoms with Gasteiger partial charge < -0.3 is 20.1 Å². The van der Waals surface area contributed by atoms with E-state index in [1.54, 1.807) is 25.2 Å². The molecule has 2 aromatic carbocycles. The largest absolute Gasteiger partial charge is 0.483 e. The molecule has 3 atom stereocenters. The van der Waals surface area contributed by atoms with Crippen LogP contribution in [-0.4, -0.2) is 98.3 Å². The number of carbonyl (C=O) groups excluding carboxylic acids is 6. The summed E-state index contributed by atoms with van der Waals surface area (Å²) in [4.78, 5) is 84.2. The number of imide groups is 2. The number of fused-ring (bicyclic) bond motifs is 4. The van der Waals surface area contributed by atoms with Crippen molar-refractivity contribution in [3.63, 3.8) is 0 Å².